The van der Waals surface area contributed by atoms with Gasteiger partial charge in [0.15, 0.2) is 0 Å². The monoisotopic (exact) mass is 269 g/mol. The minimum Gasteiger partial charge on any atom is -0.306 e. The van der Waals surface area contributed by atoms with Crippen molar-refractivity contribution in [1.82, 2.24) is 15.1 Å². The Morgan fingerprint density at radius 1 is 1.35 bits per heavy atom. The van der Waals surface area contributed by atoms with E-state index in [9.17, 15) is 0 Å². The summed E-state index contributed by atoms with van der Waals surface area (Å²) in [5.41, 5.74) is 3.68. The minimum absolute atomic E-state index is 0.387. The number of benzene rings is 1. The van der Waals surface area contributed by atoms with Crippen molar-refractivity contribution in [2.75, 3.05) is 0 Å². The van der Waals surface area contributed by atoms with E-state index >= 15 is 0 Å². The van der Waals surface area contributed by atoms with Crippen molar-refractivity contribution in [1.29, 1.82) is 0 Å². The molecule has 1 aromatic heterocycles. The van der Waals surface area contributed by atoms with E-state index in [0.29, 0.717) is 6.04 Å². The standard InChI is InChI=1S/C17H23N3/c1-4-11-20-13-16(14(3)19-20)12-18-17(5-2)15-9-7-6-8-10-15/h4,6-10,13,17-18H,1,5,11-12H2,2-3H3/t17-/m0/s1. The van der Waals surface area contributed by atoms with Crippen LogP contribution in [0.2, 0.25) is 0 Å². The molecule has 2 rings (SSSR count). The number of hydrogen-bond acceptors (Lipinski definition) is 2. The molecule has 3 heteroatoms. The molecule has 0 aliphatic rings. The maximum Gasteiger partial charge on any atom is 0.0638 e. The van der Waals surface area contributed by atoms with E-state index in [-0.39, 0.29) is 0 Å². The Labute approximate surface area is 121 Å². The van der Waals surface area contributed by atoms with Gasteiger partial charge < -0.3 is 5.32 Å². The summed E-state index contributed by atoms with van der Waals surface area (Å²) in [6, 6.07) is 11.0. The van der Waals surface area contributed by atoms with E-state index in [1.807, 2.05) is 10.8 Å². The lowest BCUT2D eigenvalue weighted by molar-refractivity contribution is 0.518. The number of allylic oxidation sites excluding steroid dienone is 1. The second-order valence-corrected chi connectivity index (χ2v) is 5.00. The first kappa shape index (κ1) is 14.5. The fraction of sp³-hybridized carbons (Fsp3) is 0.353. The normalized spacial score (nSPS) is 12.3. The van der Waals surface area contributed by atoms with Gasteiger partial charge in [-0.25, -0.2) is 0 Å². The average molecular weight is 269 g/mol. The molecule has 20 heavy (non-hydrogen) atoms. The summed E-state index contributed by atoms with van der Waals surface area (Å²) in [6.45, 7) is 9.61. The van der Waals surface area contributed by atoms with Crippen LogP contribution < -0.4 is 5.32 Å². The molecule has 0 spiro atoms. The van der Waals surface area contributed by atoms with Gasteiger partial charge in [0.2, 0.25) is 0 Å². The van der Waals surface area contributed by atoms with Crippen molar-refractivity contribution >= 4 is 0 Å². The fourth-order valence-electron chi connectivity index (χ4n) is 2.37. The lowest BCUT2D eigenvalue weighted by Gasteiger charge is -2.17. The van der Waals surface area contributed by atoms with E-state index in [1.54, 1.807) is 0 Å². The third kappa shape index (κ3) is 3.58. The van der Waals surface area contributed by atoms with Crippen molar-refractivity contribution in [3.63, 3.8) is 0 Å². The van der Waals surface area contributed by atoms with Gasteiger partial charge in [-0.2, -0.15) is 5.10 Å². The molecule has 3 nitrogen and oxygen atoms in total. The quantitative estimate of drug-likeness (QED) is 0.778. The van der Waals surface area contributed by atoms with Gasteiger partial charge in [0.25, 0.3) is 0 Å². The largest absolute Gasteiger partial charge is 0.306 e. The molecule has 106 valence electrons. The molecule has 0 saturated heterocycles. The van der Waals surface area contributed by atoms with Crippen molar-refractivity contribution in [2.45, 2.75) is 39.4 Å². The molecular weight excluding hydrogens is 246 g/mol. The van der Waals surface area contributed by atoms with Gasteiger partial charge in [-0.15, -0.1) is 6.58 Å². The first-order valence-corrected chi connectivity index (χ1v) is 7.16. The van der Waals surface area contributed by atoms with Gasteiger partial charge in [-0.05, 0) is 18.9 Å². The lowest BCUT2D eigenvalue weighted by Crippen LogP contribution is -2.20. The smallest absolute Gasteiger partial charge is 0.0638 e. The maximum absolute atomic E-state index is 4.48. The third-order valence-corrected chi connectivity index (χ3v) is 3.51. The van der Waals surface area contributed by atoms with Crippen molar-refractivity contribution in [2.24, 2.45) is 0 Å². The van der Waals surface area contributed by atoms with Gasteiger partial charge in [0, 0.05) is 24.3 Å². The van der Waals surface area contributed by atoms with Crippen molar-refractivity contribution in [3.05, 3.63) is 66.0 Å². The van der Waals surface area contributed by atoms with E-state index in [0.717, 1.165) is 25.2 Å². The van der Waals surface area contributed by atoms with E-state index in [4.69, 9.17) is 0 Å². The molecule has 1 aromatic carbocycles. The first-order chi connectivity index (χ1) is 9.74. The Kier molecular flexibility index (Phi) is 5.13. The molecule has 1 N–H and O–H groups in total. The molecule has 1 atom stereocenters. The number of nitrogens with one attached hydrogen (secondary N) is 1. The summed E-state index contributed by atoms with van der Waals surface area (Å²) in [6.07, 6.45) is 5.04. The van der Waals surface area contributed by atoms with Crippen LogP contribution in [0.3, 0.4) is 0 Å². The predicted octanol–water partition coefficient (Wildman–Crippen LogP) is 3.62. The van der Waals surface area contributed by atoms with Crippen LogP contribution in [0.25, 0.3) is 0 Å². The summed E-state index contributed by atoms with van der Waals surface area (Å²) in [5, 5.41) is 8.10. The molecule has 0 aliphatic heterocycles. The van der Waals surface area contributed by atoms with Crippen LogP contribution in [0, 0.1) is 6.92 Å². The molecule has 0 unspecified atom stereocenters. The van der Waals surface area contributed by atoms with Gasteiger partial charge in [-0.1, -0.05) is 43.3 Å². The van der Waals surface area contributed by atoms with Gasteiger partial charge in [0.1, 0.15) is 0 Å². The number of hydrogen-bond donors (Lipinski definition) is 1. The summed E-state index contributed by atoms with van der Waals surface area (Å²) in [5.74, 6) is 0. The topological polar surface area (TPSA) is 29.9 Å². The molecule has 1 heterocycles. The highest BCUT2D eigenvalue weighted by atomic mass is 15.3. The van der Waals surface area contributed by atoms with Crippen LogP contribution in [0.1, 0.15) is 36.2 Å². The Morgan fingerprint density at radius 2 is 2.10 bits per heavy atom. The highest BCUT2D eigenvalue weighted by molar-refractivity contribution is 5.20. The van der Waals surface area contributed by atoms with Crippen LogP contribution in [0.4, 0.5) is 0 Å². The van der Waals surface area contributed by atoms with E-state index in [1.165, 1.54) is 11.1 Å². The molecule has 0 bridgehead atoms. The molecule has 2 aromatic rings. The Balaban J connectivity index is 2.01. The highest BCUT2D eigenvalue weighted by Crippen LogP contribution is 2.17. The second-order valence-electron chi connectivity index (χ2n) is 5.00. The van der Waals surface area contributed by atoms with Crippen LogP contribution in [0.5, 0.6) is 0 Å². The van der Waals surface area contributed by atoms with Crippen LogP contribution in [0.15, 0.2) is 49.2 Å². The molecule has 0 fully saturated rings. The SMILES string of the molecule is C=CCn1cc(CN[C@@H](CC)c2ccccc2)c(C)n1. The maximum atomic E-state index is 4.48. The highest BCUT2D eigenvalue weighted by Gasteiger charge is 2.10. The summed E-state index contributed by atoms with van der Waals surface area (Å²) < 4.78 is 1.93. The molecular formula is C17H23N3. The van der Waals surface area contributed by atoms with Gasteiger partial charge in [-0.3, -0.25) is 4.68 Å². The Hall–Kier alpha value is -1.87. The van der Waals surface area contributed by atoms with E-state index in [2.05, 4.69) is 67.4 Å². The number of aryl methyl sites for hydroxylation is 1. The minimum atomic E-state index is 0.387. The fourth-order valence-corrected chi connectivity index (χ4v) is 2.37. The van der Waals surface area contributed by atoms with Crippen LogP contribution in [-0.4, -0.2) is 9.78 Å². The zero-order valence-electron chi connectivity index (χ0n) is 12.3. The number of nitrogens with zero attached hydrogens (tertiary/aromatic N) is 2. The lowest BCUT2D eigenvalue weighted by atomic mass is 10.0. The summed E-state index contributed by atoms with van der Waals surface area (Å²) >= 11 is 0. The zero-order valence-corrected chi connectivity index (χ0v) is 12.3. The van der Waals surface area contributed by atoms with Crippen molar-refractivity contribution < 1.29 is 0 Å². The summed E-state index contributed by atoms with van der Waals surface area (Å²) in [7, 11) is 0. The second kappa shape index (κ2) is 7.06. The molecule has 0 saturated carbocycles. The van der Waals surface area contributed by atoms with Crippen LogP contribution in [-0.2, 0) is 13.1 Å². The number of aromatic nitrogens is 2. The molecule has 0 aliphatic carbocycles. The third-order valence-electron chi connectivity index (χ3n) is 3.51. The van der Waals surface area contributed by atoms with Crippen molar-refractivity contribution in [3.8, 4) is 0 Å². The Morgan fingerprint density at radius 3 is 2.75 bits per heavy atom. The average Bonchev–Trinajstić information content (AvgIpc) is 2.81. The number of rotatable bonds is 7. The predicted molar refractivity (Wildman–Crippen MR) is 83.5 cm³/mol. The van der Waals surface area contributed by atoms with Crippen LogP contribution >= 0.6 is 0 Å². The van der Waals surface area contributed by atoms with Gasteiger partial charge in [0.05, 0.1) is 12.2 Å². The van der Waals surface area contributed by atoms with Gasteiger partial charge >= 0.3 is 0 Å². The molecule has 0 amide bonds. The summed E-state index contributed by atoms with van der Waals surface area (Å²) in [4.78, 5) is 0. The zero-order chi connectivity index (χ0) is 14.4. The van der Waals surface area contributed by atoms with E-state index < -0.39 is 0 Å². The Bertz CT molecular complexity index is 543. The molecule has 0 radical (unpaired) electrons. The first-order valence-electron chi connectivity index (χ1n) is 7.16.